The maximum atomic E-state index is 12.8. The summed E-state index contributed by atoms with van der Waals surface area (Å²) in [5, 5.41) is -0.215. The highest BCUT2D eigenvalue weighted by Crippen LogP contribution is 2.30. The third-order valence-corrected chi connectivity index (χ3v) is 2.06. The summed E-state index contributed by atoms with van der Waals surface area (Å²) in [6.45, 7) is 0. The van der Waals surface area contributed by atoms with Crippen molar-refractivity contribution in [1.82, 2.24) is 0 Å². The molecule has 0 aliphatic rings. The predicted molar refractivity (Wildman–Crippen MR) is 47.4 cm³/mol. The summed E-state index contributed by atoms with van der Waals surface area (Å²) in [7, 11) is 0. The van der Waals surface area contributed by atoms with E-state index in [0.717, 1.165) is 6.07 Å². The van der Waals surface area contributed by atoms with E-state index in [0.29, 0.717) is 18.4 Å². The monoisotopic (exact) mass is 232 g/mol. The van der Waals surface area contributed by atoms with Gasteiger partial charge in [-0.15, -0.1) is 0 Å². The first kappa shape index (κ1) is 10.7. The first-order valence-corrected chi connectivity index (χ1v) is 4.18. The molecule has 2 rings (SSSR count). The second-order valence-electron chi connectivity index (χ2n) is 3.12. The molecular formula is C10H4F4O2. The minimum absolute atomic E-state index is 0.215. The van der Waals surface area contributed by atoms with E-state index in [-0.39, 0.29) is 11.0 Å². The zero-order valence-corrected chi connectivity index (χ0v) is 7.64. The summed E-state index contributed by atoms with van der Waals surface area (Å²) in [4.78, 5) is 11.2. The minimum atomic E-state index is -4.53. The van der Waals surface area contributed by atoms with Crippen LogP contribution < -0.4 is 5.43 Å². The van der Waals surface area contributed by atoms with Crippen molar-refractivity contribution in [3.8, 4) is 0 Å². The third-order valence-electron chi connectivity index (χ3n) is 2.06. The smallest absolute Gasteiger partial charge is 0.416 e. The molecule has 16 heavy (non-hydrogen) atoms. The highest BCUT2D eigenvalue weighted by molar-refractivity contribution is 5.77. The van der Waals surface area contributed by atoms with Crippen molar-refractivity contribution in [1.29, 1.82) is 0 Å². The van der Waals surface area contributed by atoms with Crippen LogP contribution in [0.4, 0.5) is 17.6 Å². The van der Waals surface area contributed by atoms with Gasteiger partial charge in [0.15, 0.2) is 0 Å². The molecule has 0 saturated carbocycles. The molecule has 2 aromatic rings. The van der Waals surface area contributed by atoms with E-state index < -0.39 is 23.0 Å². The summed E-state index contributed by atoms with van der Waals surface area (Å²) in [6, 6.07) is 2.27. The van der Waals surface area contributed by atoms with E-state index in [1.807, 2.05) is 0 Å². The Kier molecular flexibility index (Phi) is 2.22. The molecule has 1 aromatic carbocycles. The SMILES string of the molecule is O=c1c(F)coc2cc(C(F)(F)F)ccc12. The third kappa shape index (κ3) is 1.66. The lowest BCUT2D eigenvalue weighted by Gasteiger charge is -2.06. The van der Waals surface area contributed by atoms with Crippen LogP contribution in [0.15, 0.2) is 33.7 Å². The maximum absolute atomic E-state index is 12.8. The van der Waals surface area contributed by atoms with Gasteiger partial charge in [-0.05, 0) is 18.2 Å². The van der Waals surface area contributed by atoms with Crippen LogP contribution in [0.5, 0.6) is 0 Å². The van der Waals surface area contributed by atoms with Gasteiger partial charge in [0.2, 0.25) is 11.2 Å². The standard InChI is InChI=1S/C10H4F4O2/c11-7-4-16-8-3-5(10(12,13)14)1-2-6(8)9(7)15/h1-4H. The number of fused-ring (bicyclic) bond motifs is 1. The molecule has 0 bridgehead atoms. The molecule has 84 valence electrons. The minimum Gasteiger partial charge on any atom is -0.461 e. The van der Waals surface area contributed by atoms with Gasteiger partial charge in [0, 0.05) is 0 Å². The van der Waals surface area contributed by atoms with Gasteiger partial charge in [0.25, 0.3) is 0 Å². The molecule has 0 fully saturated rings. The van der Waals surface area contributed by atoms with Crippen LogP contribution in [0.3, 0.4) is 0 Å². The predicted octanol–water partition coefficient (Wildman–Crippen LogP) is 2.95. The van der Waals surface area contributed by atoms with Crippen LogP contribution in [0, 0.1) is 5.82 Å². The number of alkyl halides is 3. The molecule has 0 aliphatic heterocycles. The molecule has 0 amide bonds. The number of benzene rings is 1. The van der Waals surface area contributed by atoms with Crippen molar-refractivity contribution in [2.24, 2.45) is 0 Å². The summed E-state index contributed by atoms with van der Waals surface area (Å²) in [6.07, 6.45) is -4.04. The Bertz CT molecular complexity index is 598. The van der Waals surface area contributed by atoms with Gasteiger partial charge < -0.3 is 4.42 Å². The Labute approximate surface area is 86.1 Å². The van der Waals surface area contributed by atoms with E-state index >= 15 is 0 Å². The second-order valence-corrected chi connectivity index (χ2v) is 3.12. The molecule has 0 spiro atoms. The lowest BCUT2D eigenvalue weighted by molar-refractivity contribution is -0.137. The molecule has 2 nitrogen and oxygen atoms in total. The molecule has 6 heteroatoms. The Balaban J connectivity index is 2.75. The van der Waals surface area contributed by atoms with E-state index in [9.17, 15) is 22.4 Å². The first-order chi connectivity index (χ1) is 7.39. The molecule has 0 saturated heterocycles. The van der Waals surface area contributed by atoms with E-state index in [4.69, 9.17) is 0 Å². The number of halogens is 4. The fraction of sp³-hybridized carbons (Fsp3) is 0.100. The maximum Gasteiger partial charge on any atom is 0.416 e. The van der Waals surface area contributed by atoms with Gasteiger partial charge in [-0.2, -0.15) is 17.6 Å². The van der Waals surface area contributed by atoms with E-state index in [2.05, 4.69) is 4.42 Å². The Morgan fingerprint density at radius 3 is 2.50 bits per heavy atom. The zero-order valence-electron chi connectivity index (χ0n) is 7.64. The summed E-state index contributed by atoms with van der Waals surface area (Å²) in [5.74, 6) is -1.13. The fourth-order valence-electron chi connectivity index (χ4n) is 1.28. The van der Waals surface area contributed by atoms with Gasteiger partial charge in [0.1, 0.15) is 11.8 Å². The van der Waals surface area contributed by atoms with Crippen molar-refractivity contribution in [2.45, 2.75) is 6.18 Å². The molecular weight excluding hydrogens is 228 g/mol. The summed E-state index contributed by atoms with van der Waals surface area (Å²) in [5.41, 5.74) is -2.22. The van der Waals surface area contributed by atoms with Crippen LogP contribution in [0.25, 0.3) is 11.0 Å². The second kappa shape index (κ2) is 3.33. The Hall–Kier alpha value is -1.85. The van der Waals surface area contributed by atoms with Crippen molar-refractivity contribution in [3.63, 3.8) is 0 Å². The molecule has 1 aromatic heterocycles. The van der Waals surface area contributed by atoms with Gasteiger partial charge in [-0.3, -0.25) is 4.79 Å². The quantitative estimate of drug-likeness (QED) is 0.653. The number of rotatable bonds is 0. The summed E-state index contributed by atoms with van der Waals surface area (Å²) < 4.78 is 54.2. The van der Waals surface area contributed by atoms with Crippen LogP contribution in [0.1, 0.15) is 5.56 Å². The average molecular weight is 232 g/mol. The lowest BCUT2D eigenvalue weighted by atomic mass is 10.1. The molecule has 1 heterocycles. The highest BCUT2D eigenvalue weighted by Gasteiger charge is 2.30. The molecule has 0 radical (unpaired) electrons. The number of hydrogen-bond donors (Lipinski definition) is 0. The van der Waals surface area contributed by atoms with Crippen LogP contribution in [-0.2, 0) is 6.18 Å². The zero-order chi connectivity index (χ0) is 11.9. The lowest BCUT2D eigenvalue weighted by Crippen LogP contribution is -2.08. The molecule has 0 atom stereocenters. The van der Waals surface area contributed by atoms with Crippen molar-refractivity contribution >= 4 is 11.0 Å². The normalized spacial score (nSPS) is 12.0. The first-order valence-electron chi connectivity index (χ1n) is 4.18. The average Bonchev–Trinajstić information content (AvgIpc) is 2.22. The van der Waals surface area contributed by atoms with Gasteiger partial charge >= 0.3 is 6.18 Å². The topological polar surface area (TPSA) is 30.2 Å². The van der Waals surface area contributed by atoms with Gasteiger partial charge in [-0.25, -0.2) is 0 Å². The van der Waals surface area contributed by atoms with Gasteiger partial charge in [-0.1, -0.05) is 0 Å². The Morgan fingerprint density at radius 1 is 1.19 bits per heavy atom. The summed E-state index contributed by atoms with van der Waals surface area (Å²) >= 11 is 0. The molecule has 0 aliphatic carbocycles. The van der Waals surface area contributed by atoms with Gasteiger partial charge in [0.05, 0.1) is 10.9 Å². The molecule has 0 unspecified atom stereocenters. The van der Waals surface area contributed by atoms with Crippen LogP contribution >= 0.6 is 0 Å². The molecule has 0 N–H and O–H groups in total. The largest absolute Gasteiger partial charge is 0.461 e. The fourth-order valence-corrected chi connectivity index (χ4v) is 1.28. The Morgan fingerprint density at radius 2 is 1.88 bits per heavy atom. The van der Waals surface area contributed by atoms with Crippen LogP contribution in [0.2, 0.25) is 0 Å². The van der Waals surface area contributed by atoms with Crippen LogP contribution in [-0.4, -0.2) is 0 Å². The number of hydrogen-bond acceptors (Lipinski definition) is 2. The highest BCUT2D eigenvalue weighted by atomic mass is 19.4. The van der Waals surface area contributed by atoms with Crippen molar-refractivity contribution < 1.29 is 22.0 Å². The van der Waals surface area contributed by atoms with E-state index in [1.165, 1.54) is 0 Å². The van der Waals surface area contributed by atoms with Crippen molar-refractivity contribution in [3.05, 3.63) is 46.1 Å². The van der Waals surface area contributed by atoms with Crippen molar-refractivity contribution in [2.75, 3.05) is 0 Å². The van der Waals surface area contributed by atoms with E-state index in [1.54, 1.807) is 0 Å².